The number of urea groups is 1. The number of thioether (sulfide) groups is 2. The number of para-hydroxylation sites is 1. The van der Waals surface area contributed by atoms with Gasteiger partial charge in [-0.25, -0.2) is 14.4 Å². The number of anilines is 1. The van der Waals surface area contributed by atoms with Gasteiger partial charge in [-0.05, 0) is 51.3 Å². The summed E-state index contributed by atoms with van der Waals surface area (Å²) in [5.74, 6) is -0.814. The van der Waals surface area contributed by atoms with E-state index in [1.165, 1.54) is 28.4 Å². The number of carboxylic acid groups (broad SMARTS) is 1. The molecule has 1 aromatic rings. The molecule has 0 bridgehead atoms. The summed E-state index contributed by atoms with van der Waals surface area (Å²) in [4.78, 5) is 39.1. The molecule has 0 saturated carbocycles. The summed E-state index contributed by atoms with van der Waals surface area (Å²) < 4.78 is 5.29. The van der Waals surface area contributed by atoms with Crippen LogP contribution in [0.3, 0.4) is 0 Å². The van der Waals surface area contributed by atoms with Gasteiger partial charge in [0.2, 0.25) is 0 Å². The molecule has 1 aliphatic rings. The highest BCUT2D eigenvalue weighted by Gasteiger charge is 2.55. The van der Waals surface area contributed by atoms with Gasteiger partial charge in [-0.15, -0.1) is 0 Å². The zero-order valence-corrected chi connectivity index (χ0v) is 17.9. The highest BCUT2D eigenvalue weighted by Crippen LogP contribution is 2.48. The number of fused-ring (bicyclic) bond motifs is 1. The lowest BCUT2D eigenvalue weighted by Gasteiger charge is -2.39. The summed E-state index contributed by atoms with van der Waals surface area (Å²) >= 11 is 2.62. The zero-order valence-electron chi connectivity index (χ0n) is 16.2. The van der Waals surface area contributed by atoms with E-state index in [0.717, 1.165) is 0 Å². The minimum absolute atomic E-state index is 0.0815. The van der Waals surface area contributed by atoms with Gasteiger partial charge in [-0.1, -0.05) is 23.9 Å². The van der Waals surface area contributed by atoms with Gasteiger partial charge in [0.15, 0.2) is 5.54 Å². The summed E-state index contributed by atoms with van der Waals surface area (Å²) in [6, 6.07) is 6.22. The SMILES string of the molecule is CSCC[C@](NC(=O)OC(C)(C)C)(C(=O)O)C1Sc2ccccc2N1C(N)=O. The van der Waals surface area contributed by atoms with Crippen LogP contribution in [0.5, 0.6) is 0 Å². The maximum absolute atomic E-state index is 12.5. The van der Waals surface area contributed by atoms with Crippen molar-refractivity contribution in [3.63, 3.8) is 0 Å². The number of primary amides is 1. The largest absolute Gasteiger partial charge is 0.479 e. The number of nitrogens with two attached hydrogens (primary N) is 1. The molecule has 1 heterocycles. The van der Waals surface area contributed by atoms with Gasteiger partial charge in [0.05, 0.1) is 5.69 Å². The zero-order chi connectivity index (χ0) is 21.1. The van der Waals surface area contributed by atoms with E-state index < -0.39 is 34.6 Å². The van der Waals surface area contributed by atoms with Crippen LogP contribution < -0.4 is 16.0 Å². The Labute approximate surface area is 172 Å². The maximum Gasteiger partial charge on any atom is 0.408 e. The number of aliphatic carboxylic acids is 1. The minimum Gasteiger partial charge on any atom is -0.479 e. The van der Waals surface area contributed by atoms with Gasteiger partial charge in [0.1, 0.15) is 11.0 Å². The van der Waals surface area contributed by atoms with Gasteiger partial charge in [0.25, 0.3) is 0 Å². The molecule has 10 heteroatoms. The molecule has 2 rings (SSSR count). The predicted molar refractivity (Wildman–Crippen MR) is 111 cm³/mol. The van der Waals surface area contributed by atoms with Crippen LogP contribution in [-0.4, -0.2) is 51.7 Å². The fourth-order valence-electron chi connectivity index (χ4n) is 2.87. The highest BCUT2D eigenvalue weighted by atomic mass is 32.2. The second-order valence-corrected chi connectivity index (χ2v) is 9.40. The van der Waals surface area contributed by atoms with E-state index in [1.807, 2.05) is 6.26 Å². The van der Waals surface area contributed by atoms with E-state index in [0.29, 0.717) is 16.3 Å². The smallest absolute Gasteiger partial charge is 0.408 e. The van der Waals surface area contributed by atoms with Crippen molar-refractivity contribution >= 4 is 47.3 Å². The number of hydrogen-bond acceptors (Lipinski definition) is 6. The average Bonchev–Trinajstić information content (AvgIpc) is 2.96. The molecule has 4 N–H and O–H groups in total. The lowest BCUT2D eigenvalue weighted by Crippen LogP contribution is -2.66. The Morgan fingerprint density at radius 1 is 1.32 bits per heavy atom. The number of carboxylic acids is 1. The van der Waals surface area contributed by atoms with Crippen LogP contribution in [0.4, 0.5) is 15.3 Å². The predicted octanol–water partition coefficient (Wildman–Crippen LogP) is 3.10. The highest BCUT2D eigenvalue weighted by molar-refractivity contribution is 8.00. The number of rotatable bonds is 6. The number of nitrogens with zero attached hydrogens (tertiary/aromatic N) is 1. The van der Waals surface area contributed by atoms with Crippen LogP contribution in [0.25, 0.3) is 0 Å². The van der Waals surface area contributed by atoms with E-state index in [-0.39, 0.29) is 6.42 Å². The Balaban J connectivity index is 2.50. The third-order valence-electron chi connectivity index (χ3n) is 4.06. The van der Waals surface area contributed by atoms with Crippen molar-refractivity contribution < 1.29 is 24.2 Å². The van der Waals surface area contributed by atoms with Crippen LogP contribution in [0.2, 0.25) is 0 Å². The van der Waals surface area contributed by atoms with Crippen molar-refractivity contribution in [3.8, 4) is 0 Å². The molecular weight excluding hydrogens is 402 g/mol. The molecule has 1 aromatic carbocycles. The first kappa shape index (κ1) is 22.2. The summed E-state index contributed by atoms with van der Waals surface area (Å²) in [5, 5.41) is 11.7. The fourth-order valence-corrected chi connectivity index (χ4v) is 4.89. The van der Waals surface area contributed by atoms with Crippen molar-refractivity contribution in [2.45, 2.75) is 48.6 Å². The second kappa shape index (κ2) is 8.52. The quantitative estimate of drug-likeness (QED) is 0.637. The molecule has 0 fully saturated rings. The van der Waals surface area contributed by atoms with E-state index in [9.17, 15) is 19.5 Å². The number of amides is 3. The van der Waals surface area contributed by atoms with Crippen molar-refractivity contribution in [1.82, 2.24) is 5.32 Å². The fraction of sp³-hybridized carbons (Fsp3) is 0.500. The van der Waals surface area contributed by atoms with Crippen LogP contribution in [0, 0.1) is 0 Å². The number of nitrogens with one attached hydrogen (secondary N) is 1. The Kier molecular flexibility index (Phi) is 6.76. The first-order valence-corrected chi connectivity index (χ1v) is 10.9. The van der Waals surface area contributed by atoms with Crippen LogP contribution in [0.15, 0.2) is 29.2 Å². The molecule has 0 spiro atoms. The number of benzene rings is 1. The van der Waals surface area contributed by atoms with E-state index in [1.54, 1.807) is 45.0 Å². The first-order chi connectivity index (χ1) is 13.0. The lowest BCUT2D eigenvalue weighted by atomic mass is 9.94. The summed E-state index contributed by atoms with van der Waals surface area (Å²) in [7, 11) is 0. The number of hydrogen-bond donors (Lipinski definition) is 3. The molecule has 0 aromatic heterocycles. The molecule has 0 saturated heterocycles. The number of alkyl carbamates (subject to hydrolysis) is 1. The molecule has 2 atom stereocenters. The first-order valence-electron chi connectivity index (χ1n) is 8.59. The molecular formula is C18H25N3O5S2. The summed E-state index contributed by atoms with van der Waals surface area (Å²) in [5.41, 5.74) is 3.52. The minimum atomic E-state index is -1.79. The molecule has 154 valence electrons. The topological polar surface area (TPSA) is 122 Å². The second-order valence-electron chi connectivity index (χ2n) is 7.29. The number of ether oxygens (including phenoxy) is 1. The third-order valence-corrected chi connectivity index (χ3v) is 6.11. The van der Waals surface area contributed by atoms with Gasteiger partial charge in [-0.3, -0.25) is 4.90 Å². The molecule has 8 nitrogen and oxygen atoms in total. The molecule has 28 heavy (non-hydrogen) atoms. The Bertz CT molecular complexity index is 768. The van der Waals surface area contributed by atoms with Crippen LogP contribution >= 0.6 is 23.5 Å². The van der Waals surface area contributed by atoms with Crippen LogP contribution in [0.1, 0.15) is 27.2 Å². The number of carbonyl (C=O) groups excluding carboxylic acids is 2. The van der Waals surface area contributed by atoms with Crippen molar-refractivity contribution in [2.75, 3.05) is 16.9 Å². The van der Waals surface area contributed by atoms with Gasteiger partial charge in [0, 0.05) is 4.90 Å². The van der Waals surface area contributed by atoms with Crippen molar-refractivity contribution in [2.24, 2.45) is 5.73 Å². The molecule has 0 radical (unpaired) electrons. The van der Waals surface area contributed by atoms with E-state index in [2.05, 4.69) is 5.32 Å². The molecule has 1 unspecified atom stereocenters. The Morgan fingerprint density at radius 2 is 1.96 bits per heavy atom. The lowest BCUT2D eigenvalue weighted by molar-refractivity contribution is -0.145. The Hall–Kier alpha value is -2.07. The maximum atomic E-state index is 12.5. The normalized spacial score (nSPS) is 18.1. The van der Waals surface area contributed by atoms with E-state index >= 15 is 0 Å². The van der Waals surface area contributed by atoms with Gasteiger partial charge < -0.3 is 20.9 Å². The van der Waals surface area contributed by atoms with Crippen molar-refractivity contribution in [1.29, 1.82) is 0 Å². The molecule has 3 amide bonds. The average molecular weight is 428 g/mol. The van der Waals surface area contributed by atoms with Gasteiger partial charge in [-0.2, -0.15) is 11.8 Å². The standard InChI is InChI=1S/C18H25N3O5S2/c1-17(2,3)26-16(25)20-18(14(22)23,9-10-27-4)13-21(15(19)24)11-7-5-6-8-12(11)28-13/h5-8,13H,9-10H2,1-4H3,(H2,19,24)(H,20,25)(H,22,23)/t13?,18-/m1/s1. The summed E-state index contributed by atoms with van der Waals surface area (Å²) in [6.07, 6.45) is 1.05. The van der Waals surface area contributed by atoms with Crippen LogP contribution in [-0.2, 0) is 9.53 Å². The Morgan fingerprint density at radius 3 is 2.50 bits per heavy atom. The van der Waals surface area contributed by atoms with Crippen molar-refractivity contribution in [3.05, 3.63) is 24.3 Å². The third kappa shape index (κ3) is 4.67. The monoisotopic (exact) mass is 427 g/mol. The van der Waals surface area contributed by atoms with Gasteiger partial charge >= 0.3 is 18.1 Å². The molecule has 0 aliphatic carbocycles. The van der Waals surface area contributed by atoms with E-state index in [4.69, 9.17) is 10.5 Å². The number of carbonyl (C=O) groups is 3. The summed E-state index contributed by atoms with van der Waals surface area (Å²) in [6.45, 7) is 5.06. The molecule has 1 aliphatic heterocycles.